The molecule has 0 aliphatic heterocycles. The second-order valence-electron chi connectivity index (χ2n) is 13.5. The van der Waals surface area contributed by atoms with Gasteiger partial charge in [0.15, 0.2) is 0 Å². The van der Waals surface area contributed by atoms with Crippen LogP contribution in [0.2, 0.25) is 0 Å². The summed E-state index contributed by atoms with van der Waals surface area (Å²) in [5.41, 5.74) is -0.969. The average molecular weight is 477 g/mol. The number of ether oxygens (including phenoxy) is 2. The van der Waals surface area contributed by atoms with Crippen molar-refractivity contribution in [1.82, 2.24) is 0 Å². The van der Waals surface area contributed by atoms with Crippen LogP contribution in [0.25, 0.3) is 0 Å². The SMILES string of the molecule is CCC(C)(C)C(=O)OC1(C)C2CC3CC(C2)CC1C3.CCC1(OC(=O)C(C)(C)CC)CCCC1. The van der Waals surface area contributed by atoms with Crippen molar-refractivity contribution in [2.24, 2.45) is 34.5 Å². The highest BCUT2D eigenvalue weighted by molar-refractivity contribution is 5.76. The number of carbonyl (C=O) groups is 2. The van der Waals surface area contributed by atoms with Crippen molar-refractivity contribution >= 4 is 11.9 Å². The van der Waals surface area contributed by atoms with E-state index in [-0.39, 0.29) is 34.0 Å². The average Bonchev–Trinajstić information content (AvgIpc) is 3.26. The van der Waals surface area contributed by atoms with Gasteiger partial charge in [-0.3, -0.25) is 9.59 Å². The van der Waals surface area contributed by atoms with E-state index in [2.05, 4.69) is 20.8 Å². The summed E-state index contributed by atoms with van der Waals surface area (Å²) in [4.78, 5) is 24.5. The maximum Gasteiger partial charge on any atom is 0.312 e. The van der Waals surface area contributed by atoms with E-state index in [9.17, 15) is 9.59 Å². The maximum absolute atomic E-state index is 12.5. The molecule has 5 rings (SSSR count). The Morgan fingerprint density at radius 2 is 1.15 bits per heavy atom. The molecule has 0 amide bonds. The van der Waals surface area contributed by atoms with E-state index in [0.717, 1.165) is 43.9 Å². The van der Waals surface area contributed by atoms with Crippen LogP contribution in [0, 0.1) is 34.5 Å². The van der Waals surface area contributed by atoms with Crippen molar-refractivity contribution in [3.05, 3.63) is 0 Å². The molecule has 34 heavy (non-hydrogen) atoms. The van der Waals surface area contributed by atoms with Gasteiger partial charge < -0.3 is 9.47 Å². The minimum atomic E-state index is -0.336. The van der Waals surface area contributed by atoms with E-state index in [1.807, 2.05) is 34.6 Å². The third-order valence-corrected chi connectivity index (χ3v) is 10.4. The Hall–Kier alpha value is -1.06. The molecule has 196 valence electrons. The van der Waals surface area contributed by atoms with E-state index in [1.54, 1.807) is 0 Å². The van der Waals surface area contributed by atoms with Gasteiger partial charge in [0.05, 0.1) is 10.8 Å². The van der Waals surface area contributed by atoms with E-state index in [0.29, 0.717) is 11.8 Å². The van der Waals surface area contributed by atoms with Gasteiger partial charge in [0.1, 0.15) is 11.2 Å². The molecule has 0 saturated heterocycles. The molecule has 0 aromatic carbocycles. The van der Waals surface area contributed by atoms with Crippen molar-refractivity contribution in [3.63, 3.8) is 0 Å². The van der Waals surface area contributed by atoms with Crippen molar-refractivity contribution < 1.29 is 19.1 Å². The lowest BCUT2D eigenvalue weighted by atomic mass is 9.50. The predicted octanol–water partition coefficient (Wildman–Crippen LogP) is 7.87. The minimum Gasteiger partial charge on any atom is -0.459 e. The Balaban J connectivity index is 0.000000197. The molecule has 0 aromatic rings. The van der Waals surface area contributed by atoms with Gasteiger partial charge in [0.25, 0.3) is 0 Å². The zero-order valence-corrected chi connectivity index (χ0v) is 23.4. The summed E-state index contributed by atoms with van der Waals surface area (Å²) in [5, 5.41) is 0. The summed E-state index contributed by atoms with van der Waals surface area (Å²) < 4.78 is 11.9. The van der Waals surface area contributed by atoms with Gasteiger partial charge in [0.2, 0.25) is 0 Å². The lowest BCUT2D eigenvalue weighted by Crippen LogP contribution is -2.58. The zero-order chi connectivity index (χ0) is 25.4. The third kappa shape index (κ3) is 5.51. The highest BCUT2D eigenvalue weighted by Gasteiger charge is 2.57. The van der Waals surface area contributed by atoms with E-state index >= 15 is 0 Å². The Bertz CT molecular complexity index is 700. The molecule has 0 aromatic heterocycles. The number of esters is 2. The molecule has 0 unspecified atom stereocenters. The first-order valence-electron chi connectivity index (χ1n) is 14.3. The molecule has 5 saturated carbocycles. The van der Waals surface area contributed by atoms with Crippen LogP contribution >= 0.6 is 0 Å². The van der Waals surface area contributed by atoms with Crippen LogP contribution in [-0.4, -0.2) is 23.1 Å². The first kappa shape index (κ1) is 27.5. The number of hydrogen-bond acceptors (Lipinski definition) is 4. The summed E-state index contributed by atoms with van der Waals surface area (Å²) in [7, 11) is 0. The fourth-order valence-corrected chi connectivity index (χ4v) is 6.80. The van der Waals surface area contributed by atoms with E-state index in [1.165, 1.54) is 44.9 Å². The lowest BCUT2D eigenvalue weighted by molar-refractivity contribution is -0.211. The second kappa shape index (κ2) is 10.1. The molecular weight excluding hydrogens is 424 g/mol. The molecule has 0 radical (unpaired) electrons. The fraction of sp³-hybridized carbons (Fsp3) is 0.933. The molecule has 0 atom stereocenters. The Labute approximate surface area is 209 Å². The molecule has 0 spiro atoms. The van der Waals surface area contributed by atoms with Crippen LogP contribution in [-0.2, 0) is 19.1 Å². The van der Waals surface area contributed by atoms with Crippen LogP contribution < -0.4 is 0 Å². The molecule has 5 aliphatic rings. The topological polar surface area (TPSA) is 52.6 Å². The van der Waals surface area contributed by atoms with E-state index in [4.69, 9.17) is 9.47 Å². The van der Waals surface area contributed by atoms with E-state index < -0.39 is 0 Å². The monoisotopic (exact) mass is 476 g/mol. The Kier molecular flexibility index (Phi) is 8.20. The number of rotatable bonds is 7. The summed E-state index contributed by atoms with van der Waals surface area (Å²) >= 11 is 0. The Morgan fingerprint density at radius 3 is 1.53 bits per heavy atom. The van der Waals surface area contributed by atoms with Crippen molar-refractivity contribution in [2.45, 2.75) is 144 Å². The van der Waals surface area contributed by atoms with Crippen LogP contribution in [0.15, 0.2) is 0 Å². The summed E-state index contributed by atoms with van der Waals surface area (Å²) in [6.07, 6.45) is 13.8. The van der Waals surface area contributed by atoms with Crippen molar-refractivity contribution in [2.75, 3.05) is 0 Å². The van der Waals surface area contributed by atoms with Crippen LogP contribution in [0.3, 0.4) is 0 Å². The lowest BCUT2D eigenvalue weighted by Gasteiger charge is -2.59. The quantitative estimate of drug-likeness (QED) is 0.351. The molecular formula is C30H52O4. The fourth-order valence-electron chi connectivity index (χ4n) is 6.80. The predicted molar refractivity (Wildman–Crippen MR) is 137 cm³/mol. The number of carbonyl (C=O) groups excluding carboxylic acids is 2. The van der Waals surface area contributed by atoms with Gasteiger partial charge in [-0.1, -0.05) is 20.8 Å². The first-order chi connectivity index (χ1) is 15.8. The molecule has 4 nitrogen and oxygen atoms in total. The standard InChI is InChI=1S/C17H28O2.C13H24O2/c1-5-16(2,3)15(18)19-17(4)13-7-11-6-12(9-13)10-14(17)8-11;1-5-12(3,4)11(14)15-13(6-2)9-7-8-10-13/h11-14H,5-10H2,1-4H3;5-10H2,1-4H3. The first-order valence-corrected chi connectivity index (χ1v) is 14.3. The molecule has 0 N–H and O–H groups in total. The normalized spacial score (nSPS) is 33.8. The van der Waals surface area contributed by atoms with Crippen LogP contribution in [0.1, 0.15) is 132 Å². The molecule has 4 bridgehead atoms. The van der Waals surface area contributed by atoms with Crippen molar-refractivity contribution in [3.8, 4) is 0 Å². The number of hydrogen-bond donors (Lipinski definition) is 0. The molecule has 0 heterocycles. The largest absolute Gasteiger partial charge is 0.459 e. The third-order valence-electron chi connectivity index (χ3n) is 10.4. The summed E-state index contributed by atoms with van der Waals surface area (Å²) in [6.45, 7) is 16.4. The summed E-state index contributed by atoms with van der Waals surface area (Å²) in [5.74, 6) is 3.10. The van der Waals surface area contributed by atoms with Gasteiger partial charge >= 0.3 is 11.9 Å². The van der Waals surface area contributed by atoms with Crippen molar-refractivity contribution in [1.29, 1.82) is 0 Å². The minimum absolute atomic E-state index is 0.0185. The smallest absolute Gasteiger partial charge is 0.312 e. The molecule has 5 fully saturated rings. The highest BCUT2D eigenvalue weighted by atomic mass is 16.6. The highest BCUT2D eigenvalue weighted by Crippen LogP contribution is 2.59. The Morgan fingerprint density at radius 1 is 0.735 bits per heavy atom. The van der Waals surface area contributed by atoms with Crippen LogP contribution in [0.5, 0.6) is 0 Å². The molecule has 5 aliphatic carbocycles. The van der Waals surface area contributed by atoms with Gasteiger partial charge in [-0.25, -0.2) is 0 Å². The van der Waals surface area contributed by atoms with Gasteiger partial charge in [-0.05, 0) is 135 Å². The van der Waals surface area contributed by atoms with Gasteiger partial charge in [-0.2, -0.15) is 0 Å². The maximum atomic E-state index is 12.5. The second-order valence-corrected chi connectivity index (χ2v) is 13.5. The van der Waals surface area contributed by atoms with Gasteiger partial charge in [-0.15, -0.1) is 0 Å². The molecule has 4 heteroatoms. The summed E-state index contributed by atoms with van der Waals surface area (Å²) in [6, 6.07) is 0. The van der Waals surface area contributed by atoms with Crippen LogP contribution in [0.4, 0.5) is 0 Å². The van der Waals surface area contributed by atoms with Gasteiger partial charge in [0, 0.05) is 0 Å². The zero-order valence-electron chi connectivity index (χ0n) is 23.4.